The largest absolute Gasteiger partial charge is 0.383 e. The third kappa shape index (κ3) is 3.98. The molecule has 1 N–H and O–H groups in total. The van der Waals surface area contributed by atoms with Crippen LogP contribution in [0.5, 0.6) is 0 Å². The Balaban J connectivity index is 1.97. The van der Waals surface area contributed by atoms with Crippen molar-refractivity contribution in [2.24, 2.45) is 7.05 Å². The molecule has 0 bridgehead atoms. The lowest BCUT2D eigenvalue weighted by Crippen LogP contribution is -2.40. The minimum Gasteiger partial charge on any atom is -0.383 e. The predicted molar refractivity (Wildman–Crippen MR) is 75.8 cm³/mol. The fraction of sp³-hybridized carbons (Fsp3) is 0.692. The molecule has 1 aliphatic carbocycles. The average molecular weight is 283 g/mol. The summed E-state index contributed by atoms with van der Waals surface area (Å²) in [7, 11) is 1.86. The molecule has 0 aliphatic heterocycles. The number of amides is 1. The van der Waals surface area contributed by atoms with E-state index >= 15 is 0 Å². The Kier molecular flexibility index (Phi) is 4.87. The number of aliphatic hydroxyl groups is 1. The molecule has 5 nitrogen and oxygen atoms in total. The molecule has 0 saturated heterocycles. The fourth-order valence-corrected chi connectivity index (χ4v) is 2.53. The summed E-state index contributed by atoms with van der Waals surface area (Å²) in [5.41, 5.74) is 1.01. The Hall–Kier alpha value is -1.01. The summed E-state index contributed by atoms with van der Waals surface area (Å²) >= 11 is 1.65. The Morgan fingerprint density at radius 1 is 1.68 bits per heavy atom. The maximum absolute atomic E-state index is 12.3. The topological polar surface area (TPSA) is 58.4 Å². The number of aryl methyl sites for hydroxylation is 1. The molecule has 1 aromatic rings. The lowest BCUT2D eigenvalue weighted by molar-refractivity contribution is -0.141. The molecule has 1 unspecified atom stereocenters. The maximum atomic E-state index is 12.3. The van der Waals surface area contributed by atoms with E-state index in [2.05, 4.69) is 5.10 Å². The first-order valence-electron chi connectivity index (χ1n) is 6.57. The molecule has 1 fully saturated rings. The quantitative estimate of drug-likeness (QED) is 0.812. The molecule has 0 radical (unpaired) electrons. The number of aliphatic hydroxyl groups excluding tert-OH is 1. The average Bonchev–Trinajstić information content (AvgIpc) is 3.15. The highest BCUT2D eigenvalue weighted by molar-refractivity contribution is 7.98. The van der Waals surface area contributed by atoms with E-state index in [-0.39, 0.29) is 5.91 Å². The Bertz CT molecular complexity index is 431. The molecular formula is C13H21N3O2S. The van der Waals surface area contributed by atoms with Crippen LogP contribution in [-0.4, -0.2) is 49.8 Å². The summed E-state index contributed by atoms with van der Waals surface area (Å²) in [4.78, 5) is 14.1. The van der Waals surface area contributed by atoms with Crippen LogP contribution in [-0.2, 0) is 18.4 Å². The van der Waals surface area contributed by atoms with Gasteiger partial charge in [-0.3, -0.25) is 9.48 Å². The van der Waals surface area contributed by atoms with Crippen LogP contribution < -0.4 is 0 Å². The van der Waals surface area contributed by atoms with Crippen molar-refractivity contribution in [3.05, 3.63) is 18.0 Å². The van der Waals surface area contributed by atoms with Crippen LogP contribution in [0.25, 0.3) is 0 Å². The molecule has 1 amide bonds. The second kappa shape index (κ2) is 6.43. The SMILES string of the molecule is CSCCC(O)C(=O)N(Cc1cnn(C)c1)C1CC1. The van der Waals surface area contributed by atoms with Gasteiger partial charge in [-0.25, -0.2) is 0 Å². The number of carbonyl (C=O) groups excluding carboxylic acids is 1. The van der Waals surface area contributed by atoms with Crippen molar-refractivity contribution < 1.29 is 9.90 Å². The molecule has 1 saturated carbocycles. The summed E-state index contributed by atoms with van der Waals surface area (Å²) in [6.45, 7) is 0.549. The predicted octanol–water partition coefficient (Wildman–Crippen LogP) is 1.03. The van der Waals surface area contributed by atoms with E-state index < -0.39 is 6.10 Å². The van der Waals surface area contributed by atoms with Gasteiger partial charge in [0.25, 0.3) is 5.91 Å². The first-order valence-corrected chi connectivity index (χ1v) is 7.96. The summed E-state index contributed by atoms with van der Waals surface area (Å²) in [6, 6.07) is 0.302. The van der Waals surface area contributed by atoms with Crippen LogP contribution in [0.2, 0.25) is 0 Å². The van der Waals surface area contributed by atoms with Gasteiger partial charge in [-0.15, -0.1) is 0 Å². The van der Waals surface area contributed by atoms with Gasteiger partial charge in [-0.1, -0.05) is 0 Å². The monoisotopic (exact) mass is 283 g/mol. The van der Waals surface area contributed by atoms with Crippen molar-refractivity contribution in [3.8, 4) is 0 Å². The highest BCUT2D eigenvalue weighted by Crippen LogP contribution is 2.29. The van der Waals surface area contributed by atoms with Crippen LogP contribution in [0.15, 0.2) is 12.4 Å². The van der Waals surface area contributed by atoms with Crippen LogP contribution in [0.4, 0.5) is 0 Å². The normalized spacial score (nSPS) is 16.4. The van der Waals surface area contributed by atoms with Crippen molar-refractivity contribution in [1.29, 1.82) is 0 Å². The zero-order chi connectivity index (χ0) is 13.8. The van der Waals surface area contributed by atoms with E-state index in [0.29, 0.717) is 19.0 Å². The summed E-state index contributed by atoms with van der Waals surface area (Å²) < 4.78 is 1.73. The van der Waals surface area contributed by atoms with Crippen molar-refractivity contribution in [3.63, 3.8) is 0 Å². The third-order valence-corrected chi connectivity index (χ3v) is 3.91. The molecule has 6 heteroatoms. The van der Waals surface area contributed by atoms with E-state index in [9.17, 15) is 9.90 Å². The summed E-state index contributed by atoms with van der Waals surface area (Å²) in [6.07, 6.45) is 7.41. The number of nitrogens with zero attached hydrogens (tertiary/aromatic N) is 3. The Labute approximate surface area is 118 Å². The third-order valence-electron chi connectivity index (χ3n) is 3.26. The highest BCUT2D eigenvalue weighted by atomic mass is 32.2. The van der Waals surface area contributed by atoms with Crippen LogP contribution in [0.1, 0.15) is 24.8 Å². The molecule has 0 aromatic carbocycles. The first-order chi connectivity index (χ1) is 9.11. The molecule has 1 aliphatic rings. The van der Waals surface area contributed by atoms with Gasteiger partial charge in [0.2, 0.25) is 0 Å². The highest BCUT2D eigenvalue weighted by Gasteiger charge is 2.35. The molecule has 19 heavy (non-hydrogen) atoms. The number of thioether (sulfide) groups is 1. The molecule has 0 spiro atoms. The van der Waals surface area contributed by atoms with E-state index in [1.807, 2.05) is 24.4 Å². The fourth-order valence-electron chi connectivity index (χ4n) is 2.07. The summed E-state index contributed by atoms with van der Waals surface area (Å²) in [5.74, 6) is 0.665. The van der Waals surface area contributed by atoms with Gasteiger partial charge in [0.1, 0.15) is 6.10 Å². The van der Waals surface area contributed by atoms with Crippen molar-refractivity contribution in [1.82, 2.24) is 14.7 Å². The van der Waals surface area contributed by atoms with Crippen molar-refractivity contribution >= 4 is 17.7 Å². The number of carbonyl (C=O) groups is 1. The van der Waals surface area contributed by atoms with Gasteiger partial charge < -0.3 is 10.0 Å². The zero-order valence-electron chi connectivity index (χ0n) is 11.5. The van der Waals surface area contributed by atoms with E-state index in [1.165, 1.54) is 0 Å². The molecule has 1 heterocycles. The molecule has 1 atom stereocenters. The lowest BCUT2D eigenvalue weighted by Gasteiger charge is -2.24. The molecule has 1 aromatic heterocycles. The smallest absolute Gasteiger partial charge is 0.251 e. The number of hydrogen-bond acceptors (Lipinski definition) is 4. The van der Waals surface area contributed by atoms with Gasteiger partial charge in [-0.05, 0) is 31.3 Å². The second-order valence-electron chi connectivity index (χ2n) is 5.02. The van der Waals surface area contributed by atoms with Gasteiger partial charge >= 0.3 is 0 Å². The lowest BCUT2D eigenvalue weighted by atomic mass is 10.2. The Morgan fingerprint density at radius 3 is 2.95 bits per heavy atom. The van der Waals surface area contributed by atoms with Gasteiger partial charge in [0.05, 0.1) is 6.20 Å². The van der Waals surface area contributed by atoms with E-state index in [0.717, 1.165) is 24.2 Å². The minimum atomic E-state index is -0.871. The van der Waals surface area contributed by atoms with Crippen molar-refractivity contribution in [2.45, 2.75) is 38.0 Å². The number of aromatic nitrogens is 2. The maximum Gasteiger partial charge on any atom is 0.251 e. The van der Waals surface area contributed by atoms with Crippen LogP contribution in [0.3, 0.4) is 0 Å². The van der Waals surface area contributed by atoms with Gasteiger partial charge in [0.15, 0.2) is 0 Å². The molecule has 106 valence electrons. The summed E-state index contributed by atoms with van der Waals surface area (Å²) in [5, 5.41) is 14.1. The first kappa shape index (κ1) is 14.4. The van der Waals surface area contributed by atoms with Gasteiger partial charge in [0, 0.05) is 31.4 Å². The number of hydrogen-bond donors (Lipinski definition) is 1. The van der Waals surface area contributed by atoms with Crippen LogP contribution >= 0.6 is 11.8 Å². The Morgan fingerprint density at radius 2 is 2.42 bits per heavy atom. The second-order valence-corrected chi connectivity index (χ2v) is 6.00. The van der Waals surface area contributed by atoms with Gasteiger partial charge in [-0.2, -0.15) is 16.9 Å². The minimum absolute atomic E-state index is 0.139. The van der Waals surface area contributed by atoms with E-state index in [1.54, 1.807) is 22.6 Å². The molecule has 2 rings (SSSR count). The standard InChI is InChI=1S/C13H21N3O2S/c1-15-8-10(7-14-15)9-16(11-3-4-11)13(18)12(17)5-6-19-2/h7-8,11-12,17H,3-6,9H2,1-2H3. The molecular weight excluding hydrogens is 262 g/mol. The van der Waals surface area contributed by atoms with Crippen LogP contribution in [0, 0.1) is 0 Å². The zero-order valence-corrected chi connectivity index (χ0v) is 12.3. The van der Waals surface area contributed by atoms with E-state index in [4.69, 9.17) is 0 Å². The van der Waals surface area contributed by atoms with Crippen molar-refractivity contribution in [2.75, 3.05) is 12.0 Å². The number of rotatable bonds is 7.